The van der Waals surface area contributed by atoms with Crippen LogP contribution in [-0.2, 0) is 10.0 Å². The highest BCUT2D eigenvalue weighted by atomic mass is 32.2. The maximum atomic E-state index is 12.5. The standard InChI is InChI=1S/C15H24N4O4S/c1-3-19-6-4-5-10(19)9-18-15(20)11-7-14(24(17,21)22)12(16)8-13(11)23-2/h7-8,10H,3-6,9,16H2,1-2H3,(H,18,20)(H2,17,21,22). The largest absolute Gasteiger partial charge is 0.496 e. The normalized spacial score (nSPS) is 18.5. The van der Waals surface area contributed by atoms with Crippen LogP contribution < -0.4 is 20.9 Å². The molecule has 1 amide bonds. The molecule has 9 heteroatoms. The SMILES string of the molecule is CCN1CCCC1CNC(=O)c1cc(S(N)(=O)=O)c(N)cc1OC. The summed E-state index contributed by atoms with van der Waals surface area (Å²) in [4.78, 5) is 14.5. The number of nitrogens with one attached hydrogen (secondary N) is 1. The van der Waals surface area contributed by atoms with E-state index < -0.39 is 15.9 Å². The summed E-state index contributed by atoms with van der Waals surface area (Å²) in [7, 11) is -2.64. The van der Waals surface area contributed by atoms with Crippen molar-refractivity contribution in [2.24, 2.45) is 5.14 Å². The van der Waals surface area contributed by atoms with Crippen molar-refractivity contribution in [3.63, 3.8) is 0 Å². The Balaban J connectivity index is 2.21. The third kappa shape index (κ3) is 3.97. The highest BCUT2D eigenvalue weighted by molar-refractivity contribution is 7.89. The van der Waals surface area contributed by atoms with E-state index in [1.165, 1.54) is 13.2 Å². The molecule has 0 saturated carbocycles. The van der Waals surface area contributed by atoms with E-state index in [0.29, 0.717) is 6.54 Å². The summed E-state index contributed by atoms with van der Waals surface area (Å²) in [6, 6.07) is 2.74. The van der Waals surface area contributed by atoms with E-state index in [2.05, 4.69) is 17.1 Å². The molecule has 24 heavy (non-hydrogen) atoms. The molecule has 1 unspecified atom stereocenters. The molecule has 1 aromatic carbocycles. The zero-order valence-electron chi connectivity index (χ0n) is 13.9. The van der Waals surface area contributed by atoms with Crippen molar-refractivity contribution in [1.29, 1.82) is 0 Å². The number of nitrogen functional groups attached to an aromatic ring is 1. The molecule has 0 spiro atoms. The van der Waals surface area contributed by atoms with Gasteiger partial charge in [-0.05, 0) is 32.0 Å². The van der Waals surface area contributed by atoms with Crippen LogP contribution in [0.5, 0.6) is 5.75 Å². The average molecular weight is 356 g/mol. The number of nitrogens with two attached hydrogens (primary N) is 2. The molecule has 0 aliphatic carbocycles. The van der Waals surface area contributed by atoms with E-state index in [1.807, 2.05) is 0 Å². The zero-order valence-corrected chi connectivity index (χ0v) is 14.7. The Labute approximate surface area is 142 Å². The Morgan fingerprint density at radius 1 is 1.46 bits per heavy atom. The number of anilines is 1. The van der Waals surface area contributed by atoms with Crippen LogP contribution in [0, 0.1) is 0 Å². The summed E-state index contributed by atoms with van der Waals surface area (Å²) in [5.41, 5.74) is 5.72. The fraction of sp³-hybridized carbons (Fsp3) is 0.533. The Kier molecular flexibility index (Phi) is 5.68. The van der Waals surface area contributed by atoms with Crippen LogP contribution >= 0.6 is 0 Å². The lowest BCUT2D eigenvalue weighted by atomic mass is 10.1. The average Bonchev–Trinajstić information content (AvgIpc) is 2.98. The number of hydrogen-bond acceptors (Lipinski definition) is 6. The number of rotatable bonds is 6. The van der Waals surface area contributed by atoms with Crippen molar-refractivity contribution in [3.05, 3.63) is 17.7 Å². The van der Waals surface area contributed by atoms with Gasteiger partial charge in [0.05, 0.1) is 18.4 Å². The predicted molar refractivity (Wildman–Crippen MR) is 91.4 cm³/mol. The molecule has 5 N–H and O–H groups in total. The number of primary sulfonamides is 1. The number of carbonyl (C=O) groups is 1. The van der Waals surface area contributed by atoms with Crippen LogP contribution in [0.25, 0.3) is 0 Å². The molecular formula is C15H24N4O4S. The van der Waals surface area contributed by atoms with Gasteiger partial charge >= 0.3 is 0 Å². The molecule has 1 heterocycles. The van der Waals surface area contributed by atoms with Gasteiger partial charge in [0.2, 0.25) is 10.0 Å². The Bertz CT molecular complexity index is 720. The van der Waals surface area contributed by atoms with Gasteiger partial charge in [-0.3, -0.25) is 9.69 Å². The monoisotopic (exact) mass is 356 g/mol. The first kappa shape index (κ1) is 18.5. The summed E-state index contributed by atoms with van der Waals surface area (Å²) in [6.45, 7) is 4.53. The van der Waals surface area contributed by atoms with E-state index in [1.54, 1.807) is 0 Å². The third-order valence-electron chi connectivity index (χ3n) is 4.29. The number of amides is 1. The highest BCUT2D eigenvalue weighted by Crippen LogP contribution is 2.28. The molecule has 1 atom stereocenters. The summed E-state index contributed by atoms with van der Waals surface area (Å²) in [5.74, 6) is -0.212. The molecule has 8 nitrogen and oxygen atoms in total. The summed E-state index contributed by atoms with van der Waals surface area (Å²) < 4.78 is 28.3. The maximum Gasteiger partial charge on any atom is 0.255 e. The lowest BCUT2D eigenvalue weighted by molar-refractivity contribution is 0.0938. The van der Waals surface area contributed by atoms with Gasteiger partial charge < -0.3 is 15.8 Å². The summed E-state index contributed by atoms with van der Waals surface area (Å²) >= 11 is 0. The summed E-state index contributed by atoms with van der Waals surface area (Å²) in [5, 5.41) is 7.98. The first-order chi connectivity index (χ1) is 11.3. The molecule has 1 fully saturated rings. The fourth-order valence-electron chi connectivity index (χ4n) is 3.02. The zero-order chi connectivity index (χ0) is 17.9. The van der Waals surface area contributed by atoms with Crippen LogP contribution in [0.1, 0.15) is 30.1 Å². The second-order valence-electron chi connectivity index (χ2n) is 5.77. The Morgan fingerprint density at radius 2 is 2.17 bits per heavy atom. The van der Waals surface area contributed by atoms with Crippen LogP contribution in [0.2, 0.25) is 0 Å². The minimum atomic E-state index is -4.03. The summed E-state index contributed by atoms with van der Waals surface area (Å²) in [6.07, 6.45) is 2.13. The van der Waals surface area contributed by atoms with Crippen molar-refractivity contribution in [2.45, 2.75) is 30.7 Å². The van der Waals surface area contributed by atoms with Crippen LogP contribution in [0.3, 0.4) is 0 Å². The van der Waals surface area contributed by atoms with Crippen LogP contribution in [0.4, 0.5) is 5.69 Å². The van der Waals surface area contributed by atoms with Crippen molar-refractivity contribution in [2.75, 3.05) is 32.5 Å². The fourth-order valence-corrected chi connectivity index (χ4v) is 3.69. The van der Waals surface area contributed by atoms with Gasteiger partial charge in [-0.1, -0.05) is 6.92 Å². The maximum absolute atomic E-state index is 12.5. The van der Waals surface area contributed by atoms with E-state index in [4.69, 9.17) is 15.6 Å². The topological polar surface area (TPSA) is 128 Å². The smallest absolute Gasteiger partial charge is 0.255 e. The quantitative estimate of drug-likeness (QED) is 0.622. The van der Waals surface area contributed by atoms with Gasteiger partial charge in [0.1, 0.15) is 10.6 Å². The minimum Gasteiger partial charge on any atom is -0.496 e. The lowest BCUT2D eigenvalue weighted by Gasteiger charge is -2.23. The third-order valence-corrected chi connectivity index (χ3v) is 5.25. The Morgan fingerprint density at radius 3 is 2.75 bits per heavy atom. The second kappa shape index (κ2) is 7.37. The molecule has 0 radical (unpaired) electrons. The number of likely N-dealkylation sites (N-methyl/N-ethyl adjacent to an activating group) is 1. The first-order valence-corrected chi connectivity index (χ1v) is 9.35. The number of ether oxygens (including phenoxy) is 1. The first-order valence-electron chi connectivity index (χ1n) is 7.80. The molecule has 134 valence electrons. The van der Waals surface area contributed by atoms with Crippen LogP contribution in [0.15, 0.2) is 17.0 Å². The number of hydrogen-bond donors (Lipinski definition) is 3. The van der Waals surface area contributed by atoms with Crippen molar-refractivity contribution in [3.8, 4) is 5.75 Å². The highest BCUT2D eigenvalue weighted by Gasteiger charge is 2.25. The van der Waals surface area contributed by atoms with Crippen molar-refractivity contribution in [1.82, 2.24) is 10.2 Å². The predicted octanol–water partition coefficient (Wildman–Crippen LogP) is 0.139. The van der Waals surface area contributed by atoms with E-state index >= 15 is 0 Å². The van der Waals surface area contributed by atoms with Gasteiger partial charge in [-0.15, -0.1) is 0 Å². The molecule has 1 aliphatic rings. The molecule has 1 aromatic rings. The van der Waals surface area contributed by atoms with Gasteiger partial charge in [0, 0.05) is 18.7 Å². The van der Waals surface area contributed by atoms with Gasteiger partial charge in [-0.2, -0.15) is 0 Å². The van der Waals surface area contributed by atoms with E-state index in [0.717, 1.165) is 32.0 Å². The lowest BCUT2D eigenvalue weighted by Crippen LogP contribution is -2.40. The number of methoxy groups -OCH3 is 1. The molecule has 2 rings (SSSR count). The van der Waals surface area contributed by atoms with Gasteiger partial charge in [-0.25, -0.2) is 13.6 Å². The number of sulfonamides is 1. The minimum absolute atomic E-state index is 0.0566. The van der Waals surface area contributed by atoms with Crippen molar-refractivity contribution >= 4 is 21.6 Å². The molecule has 1 saturated heterocycles. The number of benzene rings is 1. The van der Waals surface area contributed by atoms with E-state index in [-0.39, 0.29) is 27.9 Å². The second-order valence-corrected chi connectivity index (χ2v) is 7.30. The van der Waals surface area contributed by atoms with Gasteiger partial charge in [0.25, 0.3) is 5.91 Å². The van der Waals surface area contributed by atoms with Crippen LogP contribution in [-0.4, -0.2) is 52.0 Å². The van der Waals surface area contributed by atoms with Crippen molar-refractivity contribution < 1.29 is 17.9 Å². The molecular weight excluding hydrogens is 332 g/mol. The Hall–Kier alpha value is -1.84. The number of nitrogens with zero attached hydrogens (tertiary/aromatic N) is 1. The number of carbonyl (C=O) groups excluding carboxylic acids is 1. The molecule has 1 aliphatic heterocycles. The van der Waals surface area contributed by atoms with E-state index in [9.17, 15) is 13.2 Å². The van der Waals surface area contributed by atoms with Gasteiger partial charge in [0.15, 0.2) is 0 Å². The number of likely N-dealkylation sites (tertiary alicyclic amines) is 1. The molecule has 0 aromatic heterocycles. The molecule has 0 bridgehead atoms.